The van der Waals surface area contributed by atoms with Crippen LogP contribution in [0.4, 0.5) is 0 Å². The Kier molecular flexibility index (Phi) is 6.64. The second-order valence-corrected chi connectivity index (χ2v) is 5.83. The second kappa shape index (κ2) is 7.49. The van der Waals surface area contributed by atoms with Crippen LogP contribution in [0.5, 0.6) is 0 Å². The predicted octanol–water partition coefficient (Wildman–Crippen LogP) is 1.05. The van der Waals surface area contributed by atoms with Gasteiger partial charge in [0.1, 0.15) is 0 Å². The van der Waals surface area contributed by atoms with Crippen molar-refractivity contribution in [3.05, 3.63) is 0 Å². The molecule has 0 aromatic rings. The molecule has 0 bridgehead atoms. The molecule has 1 fully saturated rings. The van der Waals surface area contributed by atoms with Gasteiger partial charge >= 0.3 is 0 Å². The largest absolute Gasteiger partial charge is 0.379 e. The lowest BCUT2D eigenvalue weighted by molar-refractivity contribution is 0.117. The molecule has 0 saturated carbocycles. The number of hydrogen-bond donors (Lipinski definition) is 1. The molecule has 0 aliphatic carbocycles. The molecule has 2 unspecified atom stereocenters. The molecule has 3 nitrogen and oxygen atoms in total. The first-order chi connectivity index (χ1) is 7.20. The van der Waals surface area contributed by atoms with Crippen molar-refractivity contribution in [2.75, 3.05) is 46.2 Å². The van der Waals surface area contributed by atoms with Crippen molar-refractivity contribution < 1.29 is 4.74 Å². The number of likely N-dealkylation sites (N-methyl/N-ethyl adjacent to an activating group) is 1. The van der Waals surface area contributed by atoms with Gasteiger partial charge in [0.15, 0.2) is 0 Å². The maximum Gasteiger partial charge on any atom is 0.0593 e. The minimum absolute atomic E-state index is 0.701. The van der Waals surface area contributed by atoms with Gasteiger partial charge in [0, 0.05) is 24.4 Å². The standard InChI is InChI=1S/C11H24N2OS/c1-10-11(4-9-15-10)12-5-7-14-8-6-13(2)3/h10-12H,4-9H2,1-3H3. The molecule has 1 N–H and O–H groups in total. The molecule has 1 heterocycles. The van der Waals surface area contributed by atoms with E-state index >= 15 is 0 Å². The van der Waals surface area contributed by atoms with Crippen LogP contribution in [0.1, 0.15) is 13.3 Å². The highest BCUT2D eigenvalue weighted by Crippen LogP contribution is 2.25. The van der Waals surface area contributed by atoms with E-state index in [1.165, 1.54) is 12.2 Å². The van der Waals surface area contributed by atoms with Crippen LogP contribution >= 0.6 is 11.8 Å². The molecule has 2 atom stereocenters. The van der Waals surface area contributed by atoms with Gasteiger partial charge in [0.05, 0.1) is 13.2 Å². The van der Waals surface area contributed by atoms with Gasteiger partial charge in [-0.1, -0.05) is 6.92 Å². The van der Waals surface area contributed by atoms with E-state index in [-0.39, 0.29) is 0 Å². The van der Waals surface area contributed by atoms with Crippen molar-refractivity contribution in [2.24, 2.45) is 0 Å². The van der Waals surface area contributed by atoms with E-state index in [0.29, 0.717) is 6.04 Å². The highest BCUT2D eigenvalue weighted by atomic mass is 32.2. The topological polar surface area (TPSA) is 24.5 Å². The van der Waals surface area contributed by atoms with Gasteiger partial charge in [-0.3, -0.25) is 0 Å². The van der Waals surface area contributed by atoms with Crippen LogP contribution in [0.3, 0.4) is 0 Å². The summed E-state index contributed by atoms with van der Waals surface area (Å²) >= 11 is 2.07. The zero-order valence-electron chi connectivity index (χ0n) is 10.2. The van der Waals surface area contributed by atoms with Crippen molar-refractivity contribution >= 4 is 11.8 Å². The zero-order valence-corrected chi connectivity index (χ0v) is 11.0. The summed E-state index contributed by atoms with van der Waals surface area (Å²) in [7, 11) is 4.14. The number of nitrogens with zero attached hydrogens (tertiary/aromatic N) is 1. The van der Waals surface area contributed by atoms with Crippen LogP contribution in [-0.2, 0) is 4.74 Å². The van der Waals surface area contributed by atoms with Gasteiger partial charge in [0.2, 0.25) is 0 Å². The van der Waals surface area contributed by atoms with Crippen molar-refractivity contribution in [2.45, 2.75) is 24.6 Å². The molecule has 1 rings (SSSR count). The molecular formula is C11H24N2OS. The average Bonchev–Trinajstić information content (AvgIpc) is 2.57. The molecule has 0 aromatic carbocycles. The molecule has 15 heavy (non-hydrogen) atoms. The Hall–Kier alpha value is 0.230. The van der Waals surface area contributed by atoms with Crippen molar-refractivity contribution in [3.63, 3.8) is 0 Å². The second-order valence-electron chi connectivity index (χ2n) is 4.34. The number of thioether (sulfide) groups is 1. The third-order valence-electron chi connectivity index (χ3n) is 2.71. The summed E-state index contributed by atoms with van der Waals surface area (Å²) in [5, 5.41) is 4.33. The summed E-state index contributed by atoms with van der Waals surface area (Å²) in [5.41, 5.74) is 0. The third-order valence-corrected chi connectivity index (χ3v) is 4.04. The summed E-state index contributed by atoms with van der Waals surface area (Å²) in [6.07, 6.45) is 1.31. The van der Waals surface area contributed by atoms with E-state index in [0.717, 1.165) is 31.6 Å². The van der Waals surface area contributed by atoms with E-state index in [1.54, 1.807) is 0 Å². The molecule has 1 aliphatic heterocycles. The Labute approximate surface area is 97.9 Å². The number of ether oxygens (including phenoxy) is 1. The fourth-order valence-electron chi connectivity index (χ4n) is 1.67. The van der Waals surface area contributed by atoms with Crippen LogP contribution in [0.15, 0.2) is 0 Å². The Morgan fingerprint density at radius 3 is 2.80 bits per heavy atom. The predicted molar refractivity (Wildman–Crippen MR) is 67.7 cm³/mol. The molecule has 0 spiro atoms. The van der Waals surface area contributed by atoms with Gasteiger partial charge in [0.25, 0.3) is 0 Å². The molecule has 1 saturated heterocycles. The maximum absolute atomic E-state index is 5.53. The Bertz CT molecular complexity index is 167. The highest BCUT2D eigenvalue weighted by molar-refractivity contribution is 8.00. The molecule has 0 amide bonds. The van der Waals surface area contributed by atoms with Gasteiger partial charge in [-0.25, -0.2) is 0 Å². The van der Waals surface area contributed by atoms with Gasteiger partial charge in [-0.05, 0) is 26.3 Å². The van der Waals surface area contributed by atoms with E-state index in [9.17, 15) is 0 Å². The Morgan fingerprint density at radius 1 is 1.40 bits per heavy atom. The van der Waals surface area contributed by atoms with Crippen LogP contribution < -0.4 is 5.32 Å². The Balaban J connectivity index is 1.88. The van der Waals surface area contributed by atoms with Gasteiger partial charge in [-0.2, -0.15) is 11.8 Å². The Morgan fingerprint density at radius 2 is 2.20 bits per heavy atom. The lowest BCUT2D eigenvalue weighted by Gasteiger charge is -2.16. The van der Waals surface area contributed by atoms with Crippen molar-refractivity contribution in [1.29, 1.82) is 0 Å². The summed E-state index contributed by atoms with van der Waals surface area (Å²) in [6.45, 7) is 5.98. The first kappa shape index (κ1) is 13.3. The fourth-order valence-corrected chi connectivity index (χ4v) is 2.89. The third kappa shape index (κ3) is 5.76. The molecule has 0 aromatic heterocycles. The van der Waals surface area contributed by atoms with Crippen LogP contribution in [-0.4, -0.2) is 62.3 Å². The summed E-state index contributed by atoms with van der Waals surface area (Å²) in [6, 6.07) is 0.701. The molecule has 1 aliphatic rings. The van der Waals surface area contributed by atoms with Gasteiger partial charge in [-0.15, -0.1) is 0 Å². The van der Waals surface area contributed by atoms with E-state index in [1.807, 2.05) is 0 Å². The molecule has 4 heteroatoms. The molecular weight excluding hydrogens is 208 g/mol. The van der Waals surface area contributed by atoms with E-state index in [4.69, 9.17) is 4.74 Å². The number of rotatable bonds is 7. The average molecular weight is 232 g/mol. The van der Waals surface area contributed by atoms with E-state index < -0.39 is 0 Å². The number of hydrogen-bond acceptors (Lipinski definition) is 4. The lowest BCUT2D eigenvalue weighted by Crippen LogP contribution is -2.36. The molecule has 90 valence electrons. The van der Waals surface area contributed by atoms with Crippen LogP contribution in [0.25, 0.3) is 0 Å². The maximum atomic E-state index is 5.53. The minimum atomic E-state index is 0.701. The van der Waals surface area contributed by atoms with E-state index in [2.05, 4.69) is 43.0 Å². The SMILES string of the molecule is CC1SCCC1NCCOCCN(C)C. The first-order valence-corrected chi connectivity index (χ1v) is 6.82. The lowest BCUT2D eigenvalue weighted by atomic mass is 10.2. The minimum Gasteiger partial charge on any atom is -0.379 e. The van der Waals surface area contributed by atoms with Crippen molar-refractivity contribution in [1.82, 2.24) is 10.2 Å². The summed E-state index contributed by atoms with van der Waals surface area (Å²) in [5.74, 6) is 1.31. The zero-order chi connectivity index (χ0) is 11.1. The quantitative estimate of drug-likeness (QED) is 0.663. The normalized spacial score (nSPS) is 26.4. The number of nitrogens with one attached hydrogen (secondary N) is 1. The summed E-state index contributed by atoms with van der Waals surface area (Å²) < 4.78 is 5.53. The van der Waals surface area contributed by atoms with Gasteiger partial charge < -0.3 is 15.0 Å². The highest BCUT2D eigenvalue weighted by Gasteiger charge is 2.22. The molecule has 0 radical (unpaired) electrons. The smallest absolute Gasteiger partial charge is 0.0593 e. The first-order valence-electron chi connectivity index (χ1n) is 5.77. The fraction of sp³-hybridized carbons (Fsp3) is 1.00. The van der Waals surface area contributed by atoms with Crippen LogP contribution in [0, 0.1) is 0 Å². The summed E-state index contributed by atoms with van der Waals surface area (Å²) in [4.78, 5) is 2.14. The monoisotopic (exact) mass is 232 g/mol. The van der Waals surface area contributed by atoms with Crippen LogP contribution in [0.2, 0.25) is 0 Å². The van der Waals surface area contributed by atoms with Crippen molar-refractivity contribution in [3.8, 4) is 0 Å².